The van der Waals surface area contributed by atoms with Crippen LogP contribution in [0.4, 0.5) is 0 Å². The minimum absolute atomic E-state index is 0.289. The Hall–Kier alpha value is -1.13. The maximum Gasteiger partial charge on any atom is 0.117 e. The summed E-state index contributed by atoms with van der Waals surface area (Å²) in [5.74, 6) is 0.834. The molecule has 4 heteroatoms. The Labute approximate surface area is 130 Å². The van der Waals surface area contributed by atoms with Crippen LogP contribution < -0.4 is 5.73 Å². The molecule has 2 N–H and O–H groups in total. The van der Waals surface area contributed by atoms with Gasteiger partial charge in [-0.2, -0.15) is 0 Å². The van der Waals surface area contributed by atoms with Gasteiger partial charge in [0, 0.05) is 16.7 Å². The second-order valence-electron chi connectivity index (χ2n) is 5.98. The molecule has 3 atom stereocenters. The van der Waals surface area contributed by atoms with Crippen molar-refractivity contribution in [1.29, 1.82) is 0 Å². The van der Waals surface area contributed by atoms with Crippen LogP contribution in [0.1, 0.15) is 39.0 Å². The van der Waals surface area contributed by atoms with Gasteiger partial charge < -0.3 is 5.73 Å². The molecule has 21 heavy (non-hydrogen) atoms. The molecule has 0 saturated heterocycles. The van der Waals surface area contributed by atoms with Gasteiger partial charge in [-0.25, -0.2) is 9.97 Å². The van der Waals surface area contributed by atoms with E-state index in [0.717, 1.165) is 28.3 Å². The highest BCUT2D eigenvalue weighted by Crippen LogP contribution is 2.38. The zero-order valence-electron chi connectivity index (χ0n) is 12.5. The van der Waals surface area contributed by atoms with E-state index in [0.29, 0.717) is 5.25 Å². The van der Waals surface area contributed by atoms with Crippen LogP contribution in [0.25, 0.3) is 10.9 Å². The highest BCUT2D eigenvalue weighted by Gasteiger charge is 2.29. The van der Waals surface area contributed by atoms with Crippen molar-refractivity contribution < 1.29 is 0 Å². The van der Waals surface area contributed by atoms with E-state index in [4.69, 9.17) is 5.73 Å². The lowest BCUT2D eigenvalue weighted by molar-refractivity contribution is 0.317. The first-order valence-electron chi connectivity index (χ1n) is 7.90. The third-order valence-corrected chi connectivity index (χ3v) is 5.81. The lowest BCUT2D eigenvalue weighted by Gasteiger charge is -2.33. The topological polar surface area (TPSA) is 51.8 Å². The summed E-state index contributed by atoms with van der Waals surface area (Å²) in [6.07, 6.45) is 7.92. The maximum atomic E-state index is 6.37. The normalized spacial score (nSPS) is 26.1. The Balaban J connectivity index is 1.80. The van der Waals surface area contributed by atoms with Gasteiger partial charge in [-0.3, -0.25) is 0 Å². The second-order valence-corrected chi connectivity index (χ2v) is 7.21. The van der Waals surface area contributed by atoms with Gasteiger partial charge in [-0.1, -0.05) is 38.0 Å². The lowest BCUT2D eigenvalue weighted by Crippen LogP contribution is -2.38. The second kappa shape index (κ2) is 6.75. The molecule has 3 unspecified atom stereocenters. The predicted octanol–water partition coefficient (Wildman–Crippen LogP) is 4.02. The molecule has 112 valence electrons. The van der Waals surface area contributed by atoms with Gasteiger partial charge >= 0.3 is 0 Å². The van der Waals surface area contributed by atoms with Crippen molar-refractivity contribution in [3.05, 3.63) is 30.6 Å². The number of hydrogen-bond donors (Lipinski definition) is 1. The fraction of sp³-hybridized carbons (Fsp3) is 0.529. The molecule has 1 aliphatic carbocycles. The number of fused-ring (bicyclic) bond motifs is 1. The average molecular weight is 301 g/mol. The van der Waals surface area contributed by atoms with E-state index in [1.165, 1.54) is 25.7 Å². The molecule has 0 aliphatic heterocycles. The summed E-state index contributed by atoms with van der Waals surface area (Å²) in [4.78, 5) is 8.85. The van der Waals surface area contributed by atoms with Crippen molar-refractivity contribution in [2.24, 2.45) is 11.7 Å². The lowest BCUT2D eigenvalue weighted by atomic mass is 9.83. The molecular weight excluding hydrogens is 278 g/mol. The third kappa shape index (κ3) is 3.38. The van der Waals surface area contributed by atoms with Crippen LogP contribution in [0.2, 0.25) is 0 Å². The average Bonchev–Trinajstić information content (AvgIpc) is 2.51. The molecule has 2 aromatic rings. The molecular formula is C17H23N3S. The molecule has 0 radical (unpaired) electrons. The van der Waals surface area contributed by atoms with Crippen LogP contribution >= 0.6 is 11.8 Å². The number of hydrogen-bond acceptors (Lipinski definition) is 4. The summed E-state index contributed by atoms with van der Waals surface area (Å²) in [6.45, 7) is 2.27. The fourth-order valence-electron chi connectivity index (χ4n) is 3.26. The van der Waals surface area contributed by atoms with Gasteiger partial charge in [0.1, 0.15) is 11.4 Å². The van der Waals surface area contributed by atoms with Crippen molar-refractivity contribution in [1.82, 2.24) is 9.97 Å². The smallest absolute Gasteiger partial charge is 0.117 e. The SMILES string of the molecule is CCCC1CCC(N)C(Sc2ncnc3ccccc23)C1. The summed E-state index contributed by atoms with van der Waals surface area (Å²) in [6, 6.07) is 8.51. The van der Waals surface area contributed by atoms with Gasteiger partial charge in [0.2, 0.25) is 0 Å². The maximum absolute atomic E-state index is 6.37. The van der Waals surface area contributed by atoms with Crippen LogP contribution in [-0.4, -0.2) is 21.3 Å². The molecule has 1 saturated carbocycles. The van der Waals surface area contributed by atoms with E-state index in [1.807, 2.05) is 23.9 Å². The van der Waals surface area contributed by atoms with Crippen LogP contribution in [0.3, 0.4) is 0 Å². The van der Waals surface area contributed by atoms with Crippen LogP contribution in [0, 0.1) is 5.92 Å². The van der Waals surface area contributed by atoms with Gasteiger partial charge in [0.25, 0.3) is 0 Å². The number of nitrogens with two attached hydrogens (primary N) is 1. The Morgan fingerprint density at radius 1 is 1.24 bits per heavy atom. The molecule has 1 heterocycles. The first-order chi connectivity index (χ1) is 10.3. The minimum Gasteiger partial charge on any atom is -0.327 e. The van der Waals surface area contributed by atoms with Crippen molar-refractivity contribution in [3.8, 4) is 0 Å². The molecule has 3 rings (SSSR count). The Morgan fingerprint density at radius 2 is 2.10 bits per heavy atom. The summed E-state index contributed by atoms with van der Waals surface area (Å²) < 4.78 is 0. The zero-order valence-corrected chi connectivity index (χ0v) is 13.4. The quantitative estimate of drug-likeness (QED) is 0.867. The molecule has 3 nitrogen and oxygen atoms in total. The third-order valence-electron chi connectivity index (χ3n) is 4.42. The van der Waals surface area contributed by atoms with Crippen molar-refractivity contribution >= 4 is 22.7 Å². The van der Waals surface area contributed by atoms with Crippen molar-refractivity contribution in [2.45, 2.75) is 55.3 Å². The number of rotatable bonds is 4. The largest absolute Gasteiger partial charge is 0.327 e. The number of thioether (sulfide) groups is 1. The summed E-state index contributed by atoms with van der Waals surface area (Å²) in [5.41, 5.74) is 7.38. The van der Waals surface area contributed by atoms with Crippen LogP contribution in [0.5, 0.6) is 0 Å². The van der Waals surface area contributed by atoms with E-state index in [2.05, 4.69) is 29.0 Å². The van der Waals surface area contributed by atoms with Crippen molar-refractivity contribution in [2.75, 3.05) is 0 Å². The molecule has 0 amide bonds. The van der Waals surface area contributed by atoms with Gasteiger partial charge in [-0.05, 0) is 31.2 Å². The first-order valence-corrected chi connectivity index (χ1v) is 8.78. The fourth-order valence-corrected chi connectivity index (χ4v) is 4.63. The predicted molar refractivity (Wildman–Crippen MR) is 89.4 cm³/mol. The molecule has 1 aliphatic rings. The number of nitrogens with zero attached hydrogens (tertiary/aromatic N) is 2. The first kappa shape index (κ1) is 14.8. The summed E-state index contributed by atoms with van der Waals surface area (Å²) in [7, 11) is 0. The number of benzene rings is 1. The molecule has 0 bridgehead atoms. The molecule has 1 aromatic carbocycles. The Morgan fingerprint density at radius 3 is 2.95 bits per heavy atom. The molecule has 1 fully saturated rings. The van der Waals surface area contributed by atoms with E-state index in [9.17, 15) is 0 Å². The number of aromatic nitrogens is 2. The Kier molecular flexibility index (Phi) is 4.76. The van der Waals surface area contributed by atoms with Crippen LogP contribution in [0.15, 0.2) is 35.6 Å². The van der Waals surface area contributed by atoms with E-state index >= 15 is 0 Å². The summed E-state index contributed by atoms with van der Waals surface area (Å²) in [5, 5.41) is 2.71. The van der Waals surface area contributed by atoms with Gasteiger partial charge in [0.05, 0.1) is 5.52 Å². The highest BCUT2D eigenvalue weighted by atomic mass is 32.2. The highest BCUT2D eigenvalue weighted by molar-refractivity contribution is 8.00. The van der Waals surface area contributed by atoms with E-state index in [-0.39, 0.29) is 6.04 Å². The monoisotopic (exact) mass is 301 g/mol. The summed E-state index contributed by atoms with van der Waals surface area (Å²) >= 11 is 1.86. The number of para-hydroxylation sites is 1. The van der Waals surface area contributed by atoms with Crippen LogP contribution in [-0.2, 0) is 0 Å². The zero-order chi connectivity index (χ0) is 14.7. The standard InChI is InChI=1S/C17H23N3S/c1-2-5-12-8-9-14(18)16(10-12)21-17-13-6-3-4-7-15(13)19-11-20-17/h3-4,6-7,11-12,14,16H,2,5,8-10,18H2,1H3. The molecule has 0 spiro atoms. The van der Waals surface area contributed by atoms with Gasteiger partial charge in [-0.15, -0.1) is 11.8 Å². The van der Waals surface area contributed by atoms with Gasteiger partial charge in [0.15, 0.2) is 0 Å². The van der Waals surface area contributed by atoms with E-state index < -0.39 is 0 Å². The minimum atomic E-state index is 0.289. The Bertz CT molecular complexity index is 596. The van der Waals surface area contributed by atoms with Crippen molar-refractivity contribution in [3.63, 3.8) is 0 Å². The van der Waals surface area contributed by atoms with E-state index in [1.54, 1.807) is 6.33 Å². The molecule has 1 aromatic heterocycles.